The molecule has 0 aliphatic carbocycles. The Kier molecular flexibility index (Phi) is 6.88. The summed E-state index contributed by atoms with van der Waals surface area (Å²) in [7, 11) is 0. The minimum atomic E-state index is -0.399. The lowest BCUT2D eigenvalue weighted by molar-refractivity contribution is 0.173. The number of hydrogen-bond donors (Lipinski definition) is 1. The van der Waals surface area contributed by atoms with E-state index in [2.05, 4.69) is 59.2 Å². The summed E-state index contributed by atoms with van der Waals surface area (Å²) in [5.41, 5.74) is 3.04. The topological polar surface area (TPSA) is 39.6 Å². The Morgan fingerprint density at radius 2 is 1.66 bits per heavy atom. The third kappa shape index (κ3) is 4.44. The summed E-state index contributed by atoms with van der Waals surface area (Å²) in [5.74, 6) is 1.08. The van der Waals surface area contributed by atoms with Crippen molar-refractivity contribution in [1.82, 2.24) is 9.88 Å². The van der Waals surface area contributed by atoms with Crippen LogP contribution in [0.2, 0.25) is 0 Å². The summed E-state index contributed by atoms with van der Waals surface area (Å²) in [6.07, 6.45) is 0.325. The maximum Gasteiger partial charge on any atom is 0.137 e. The molecule has 1 aliphatic heterocycles. The van der Waals surface area contributed by atoms with E-state index in [0.29, 0.717) is 0 Å². The molecule has 1 saturated heterocycles. The number of nitrogens with zero attached hydrogens (tertiary/aromatic N) is 3. The molecule has 29 heavy (non-hydrogen) atoms. The van der Waals surface area contributed by atoms with Gasteiger partial charge in [0.2, 0.25) is 0 Å². The molecular weight excluding hydrogens is 358 g/mol. The van der Waals surface area contributed by atoms with Crippen molar-refractivity contribution >= 4 is 16.6 Å². The van der Waals surface area contributed by atoms with Crippen LogP contribution in [-0.4, -0.2) is 47.7 Å². The Morgan fingerprint density at radius 3 is 2.31 bits per heavy atom. The molecule has 4 rings (SSSR count). The molecule has 1 N–H and O–H groups in total. The lowest BCUT2D eigenvalue weighted by atomic mass is 10.0. The van der Waals surface area contributed by atoms with Crippen LogP contribution in [0.1, 0.15) is 39.4 Å². The van der Waals surface area contributed by atoms with Crippen LogP contribution in [0, 0.1) is 0 Å². The lowest BCUT2D eigenvalue weighted by Crippen LogP contribution is -2.46. The van der Waals surface area contributed by atoms with E-state index in [1.807, 2.05) is 19.1 Å². The summed E-state index contributed by atoms with van der Waals surface area (Å²) < 4.78 is 0. The average Bonchev–Trinajstić information content (AvgIpc) is 2.78. The van der Waals surface area contributed by atoms with Crippen molar-refractivity contribution in [2.24, 2.45) is 0 Å². The molecule has 0 amide bonds. The predicted octanol–water partition coefficient (Wildman–Crippen LogP) is 5.12. The lowest BCUT2D eigenvalue weighted by Gasteiger charge is -2.35. The van der Waals surface area contributed by atoms with Gasteiger partial charge in [0, 0.05) is 37.1 Å². The van der Waals surface area contributed by atoms with Gasteiger partial charge in [0.1, 0.15) is 5.82 Å². The maximum atomic E-state index is 10.1. The fraction of sp³-hybridized carbons (Fsp3) is 0.400. The minimum absolute atomic E-state index is 0. The number of likely N-dealkylation sites (N-methyl/N-ethyl adjacent to an activating group) is 1. The molecule has 1 atom stereocenters. The van der Waals surface area contributed by atoms with Crippen molar-refractivity contribution in [3.63, 3.8) is 0 Å². The number of rotatable bonds is 5. The van der Waals surface area contributed by atoms with Crippen LogP contribution >= 0.6 is 0 Å². The standard InChI is InChI=1S/C24H29N3O.CH4/c1-3-23(28)19-11-9-18(10-12-19)22-17-20-7-5-6-8-21(20)24(25-22)27-15-13-26(4-2)14-16-27;/h5-12,17,23,28H,3-4,13-16H2,1-2H3;1H4. The van der Waals surface area contributed by atoms with E-state index in [1.165, 1.54) is 10.8 Å². The normalized spacial score (nSPS) is 15.9. The van der Waals surface area contributed by atoms with Crippen molar-refractivity contribution in [3.8, 4) is 11.3 Å². The molecular formula is C25H33N3O. The second-order valence-corrected chi connectivity index (χ2v) is 7.52. The molecule has 1 fully saturated rings. The van der Waals surface area contributed by atoms with Crippen LogP contribution in [0.25, 0.3) is 22.0 Å². The number of aliphatic hydroxyl groups excluding tert-OH is 1. The molecule has 2 aromatic carbocycles. The third-order valence-corrected chi connectivity index (χ3v) is 5.82. The van der Waals surface area contributed by atoms with Gasteiger partial charge in [-0.2, -0.15) is 0 Å². The van der Waals surface area contributed by atoms with Crippen molar-refractivity contribution < 1.29 is 5.11 Å². The molecule has 0 spiro atoms. The van der Waals surface area contributed by atoms with E-state index in [1.54, 1.807) is 0 Å². The number of benzene rings is 2. The number of anilines is 1. The number of fused-ring (bicyclic) bond motifs is 1. The van der Waals surface area contributed by atoms with Crippen LogP contribution in [0.3, 0.4) is 0 Å². The number of piperazine rings is 1. The minimum Gasteiger partial charge on any atom is -0.388 e. The highest BCUT2D eigenvalue weighted by Gasteiger charge is 2.19. The monoisotopic (exact) mass is 391 g/mol. The van der Waals surface area contributed by atoms with Gasteiger partial charge in [-0.05, 0) is 30.0 Å². The summed E-state index contributed by atoms with van der Waals surface area (Å²) in [6, 6.07) is 18.9. The Labute approximate surface area is 174 Å². The highest BCUT2D eigenvalue weighted by atomic mass is 16.3. The van der Waals surface area contributed by atoms with E-state index in [0.717, 1.165) is 61.8 Å². The van der Waals surface area contributed by atoms with Gasteiger partial charge in [-0.25, -0.2) is 4.98 Å². The smallest absolute Gasteiger partial charge is 0.137 e. The van der Waals surface area contributed by atoms with Gasteiger partial charge in [-0.15, -0.1) is 0 Å². The van der Waals surface area contributed by atoms with Gasteiger partial charge < -0.3 is 14.9 Å². The van der Waals surface area contributed by atoms with Gasteiger partial charge in [0.25, 0.3) is 0 Å². The largest absolute Gasteiger partial charge is 0.388 e. The van der Waals surface area contributed by atoms with E-state index in [4.69, 9.17) is 4.98 Å². The molecule has 1 aliphatic rings. The van der Waals surface area contributed by atoms with Crippen LogP contribution in [-0.2, 0) is 0 Å². The van der Waals surface area contributed by atoms with Gasteiger partial charge >= 0.3 is 0 Å². The van der Waals surface area contributed by atoms with Gasteiger partial charge in [-0.3, -0.25) is 0 Å². The Balaban J connectivity index is 0.00000240. The zero-order chi connectivity index (χ0) is 19.5. The SMILES string of the molecule is C.CCC(O)c1ccc(-c2cc3ccccc3c(N3CCN(CC)CC3)n2)cc1. The predicted molar refractivity (Wildman–Crippen MR) is 123 cm³/mol. The molecule has 0 radical (unpaired) electrons. The quantitative estimate of drug-likeness (QED) is 0.655. The highest BCUT2D eigenvalue weighted by Crippen LogP contribution is 2.31. The number of aliphatic hydroxyl groups is 1. The third-order valence-electron chi connectivity index (χ3n) is 5.82. The molecule has 2 heterocycles. The Morgan fingerprint density at radius 1 is 0.966 bits per heavy atom. The van der Waals surface area contributed by atoms with E-state index >= 15 is 0 Å². The summed E-state index contributed by atoms with van der Waals surface area (Å²) in [6.45, 7) is 9.52. The first-order valence-corrected chi connectivity index (χ1v) is 10.3. The zero-order valence-corrected chi connectivity index (χ0v) is 16.8. The van der Waals surface area contributed by atoms with Gasteiger partial charge in [-0.1, -0.05) is 69.8 Å². The molecule has 3 aromatic rings. The molecule has 4 nitrogen and oxygen atoms in total. The van der Waals surface area contributed by atoms with Crippen LogP contribution < -0.4 is 4.90 Å². The maximum absolute atomic E-state index is 10.1. The molecule has 154 valence electrons. The average molecular weight is 392 g/mol. The molecule has 0 bridgehead atoms. The zero-order valence-electron chi connectivity index (χ0n) is 16.8. The molecule has 0 saturated carbocycles. The molecule has 1 unspecified atom stereocenters. The first-order valence-electron chi connectivity index (χ1n) is 10.3. The van der Waals surface area contributed by atoms with Crippen molar-refractivity contribution in [2.75, 3.05) is 37.6 Å². The first kappa shape index (κ1) is 21.3. The van der Waals surface area contributed by atoms with Crippen LogP contribution in [0.4, 0.5) is 5.82 Å². The molecule has 4 heteroatoms. The van der Waals surface area contributed by atoms with E-state index in [9.17, 15) is 5.11 Å². The summed E-state index contributed by atoms with van der Waals surface area (Å²) in [5, 5.41) is 12.5. The van der Waals surface area contributed by atoms with Gasteiger partial charge in [0.15, 0.2) is 0 Å². The fourth-order valence-corrected chi connectivity index (χ4v) is 3.96. The van der Waals surface area contributed by atoms with E-state index < -0.39 is 6.10 Å². The second-order valence-electron chi connectivity index (χ2n) is 7.52. The number of hydrogen-bond acceptors (Lipinski definition) is 4. The van der Waals surface area contributed by atoms with Crippen LogP contribution in [0.5, 0.6) is 0 Å². The van der Waals surface area contributed by atoms with Crippen LogP contribution in [0.15, 0.2) is 54.6 Å². The van der Waals surface area contributed by atoms with E-state index in [-0.39, 0.29) is 7.43 Å². The summed E-state index contributed by atoms with van der Waals surface area (Å²) >= 11 is 0. The number of pyridine rings is 1. The summed E-state index contributed by atoms with van der Waals surface area (Å²) in [4.78, 5) is 10.00. The second kappa shape index (κ2) is 9.38. The Bertz CT molecular complexity index is 930. The fourth-order valence-electron chi connectivity index (χ4n) is 3.96. The molecule has 1 aromatic heterocycles. The number of aromatic nitrogens is 1. The van der Waals surface area contributed by atoms with Crippen molar-refractivity contribution in [1.29, 1.82) is 0 Å². The highest BCUT2D eigenvalue weighted by molar-refractivity contribution is 5.95. The Hall–Kier alpha value is -2.43. The van der Waals surface area contributed by atoms with Crippen molar-refractivity contribution in [3.05, 3.63) is 60.2 Å². The first-order chi connectivity index (χ1) is 13.7. The van der Waals surface area contributed by atoms with Crippen molar-refractivity contribution in [2.45, 2.75) is 33.8 Å². The van der Waals surface area contributed by atoms with Gasteiger partial charge in [0.05, 0.1) is 11.8 Å².